The van der Waals surface area contributed by atoms with Crippen molar-refractivity contribution in [2.75, 3.05) is 11.9 Å². The number of hydrogen-bond acceptors (Lipinski definition) is 7. The molecule has 1 N–H and O–H groups in total. The van der Waals surface area contributed by atoms with Gasteiger partial charge in [-0.05, 0) is 61.0 Å². The minimum absolute atomic E-state index is 0.0363. The first kappa shape index (κ1) is 23.0. The van der Waals surface area contributed by atoms with Crippen LogP contribution in [0.3, 0.4) is 0 Å². The molecule has 0 spiro atoms. The molecular formula is C24H19N3O6S. The summed E-state index contributed by atoms with van der Waals surface area (Å²) < 4.78 is 5.72. The van der Waals surface area contributed by atoms with Crippen LogP contribution in [0.5, 0.6) is 0 Å². The highest BCUT2D eigenvalue weighted by Crippen LogP contribution is 2.33. The molecule has 1 aliphatic heterocycles. The molecule has 9 nitrogen and oxygen atoms in total. The summed E-state index contributed by atoms with van der Waals surface area (Å²) in [6, 6.07) is 14.7. The van der Waals surface area contributed by atoms with Crippen LogP contribution in [-0.2, 0) is 9.59 Å². The van der Waals surface area contributed by atoms with Gasteiger partial charge in [-0.15, -0.1) is 0 Å². The second kappa shape index (κ2) is 9.36. The molecular weight excluding hydrogens is 458 g/mol. The number of nitro benzene ring substituents is 1. The van der Waals surface area contributed by atoms with E-state index in [0.717, 1.165) is 27.8 Å². The highest BCUT2D eigenvalue weighted by molar-refractivity contribution is 8.18. The van der Waals surface area contributed by atoms with Gasteiger partial charge in [0.15, 0.2) is 0 Å². The van der Waals surface area contributed by atoms with E-state index in [2.05, 4.69) is 5.32 Å². The van der Waals surface area contributed by atoms with Crippen molar-refractivity contribution < 1.29 is 23.7 Å². The van der Waals surface area contributed by atoms with Crippen molar-refractivity contribution in [2.24, 2.45) is 0 Å². The van der Waals surface area contributed by atoms with E-state index in [1.807, 2.05) is 32.0 Å². The number of nitro groups is 1. The number of benzene rings is 2. The number of amides is 3. The summed E-state index contributed by atoms with van der Waals surface area (Å²) in [5, 5.41) is 13.0. The molecule has 3 aromatic rings. The first-order valence-corrected chi connectivity index (χ1v) is 11.0. The molecule has 4 rings (SSSR count). The summed E-state index contributed by atoms with van der Waals surface area (Å²) >= 11 is 0.725. The Labute approximate surface area is 198 Å². The summed E-state index contributed by atoms with van der Waals surface area (Å²) in [5.74, 6) is -0.272. The Morgan fingerprint density at radius 3 is 2.41 bits per heavy atom. The molecule has 3 amide bonds. The molecule has 0 radical (unpaired) electrons. The number of para-hydroxylation sites is 1. The Kier molecular flexibility index (Phi) is 6.33. The van der Waals surface area contributed by atoms with E-state index in [0.29, 0.717) is 22.8 Å². The van der Waals surface area contributed by atoms with Crippen LogP contribution >= 0.6 is 11.8 Å². The van der Waals surface area contributed by atoms with Crippen LogP contribution in [0, 0.1) is 24.0 Å². The molecule has 34 heavy (non-hydrogen) atoms. The molecule has 2 heterocycles. The van der Waals surface area contributed by atoms with Gasteiger partial charge in [-0.3, -0.25) is 29.4 Å². The van der Waals surface area contributed by atoms with Crippen LogP contribution in [0.4, 0.5) is 16.2 Å². The molecule has 0 bridgehead atoms. The molecule has 1 fully saturated rings. The minimum atomic E-state index is -0.583. The molecule has 10 heteroatoms. The summed E-state index contributed by atoms with van der Waals surface area (Å²) in [6.07, 6.45) is 1.43. The van der Waals surface area contributed by atoms with Crippen LogP contribution in [0.25, 0.3) is 17.4 Å². The number of nitrogens with zero attached hydrogens (tertiary/aromatic N) is 2. The monoisotopic (exact) mass is 477 g/mol. The Morgan fingerprint density at radius 1 is 1.09 bits per heavy atom. The van der Waals surface area contributed by atoms with Gasteiger partial charge < -0.3 is 9.73 Å². The van der Waals surface area contributed by atoms with Crippen LogP contribution in [0.1, 0.15) is 16.9 Å². The predicted octanol–water partition coefficient (Wildman–Crippen LogP) is 5.15. The summed E-state index contributed by atoms with van der Waals surface area (Å²) in [7, 11) is 0. The molecule has 172 valence electrons. The Morgan fingerprint density at radius 2 is 1.76 bits per heavy atom. The third-order valence-electron chi connectivity index (χ3n) is 5.18. The zero-order chi connectivity index (χ0) is 24.4. The number of non-ortho nitro benzene ring substituents is 1. The van der Waals surface area contributed by atoms with Gasteiger partial charge in [0.05, 0.1) is 9.83 Å². The van der Waals surface area contributed by atoms with Gasteiger partial charge in [0.25, 0.3) is 16.8 Å². The zero-order valence-corrected chi connectivity index (χ0v) is 19.0. The lowest BCUT2D eigenvalue weighted by molar-refractivity contribution is -0.384. The normalized spacial score (nSPS) is 14.6. The van der Waals surface area contributed by atoms with E-state index in [-0.39, 0.29) is 10.6 Å². The van der Waals surface area contributed by atoms with Gasteiger partial charge >= 0.3 is 0 Å². The fraction of sp³-hybridized carbons (Fsp3) is 0.125. The predicted molar refractivity (Wildman–Crippen MR) is 128 cm³/mol. The lowest BCUT2D eigenvalue weighted by atomic mass is 10.1. The van der Waals surface area contributed by atoms with Gasteiger partial charge in [-0.25, -0.2) is 0 Å². The maximum absolute atomic E-state index is 12.8. The number of hydrogen-bond donors (Lipinski definition) is 1. The van der Waals surface area contributed by atoms with E-state index < -0.39 is 28.5 Å². The molecule has 1 saturated heterocycles. The second-order valence-electron chi connectivity index (χ2n) is 7.59. The third kappa shape index (κ3) is 4.76. The van der Waals surface area contributed by atoms with Crippen molar-refractivity contribution >= 4 is 46.3 Å². The molecule has 1 aromatic heterocycles. The number of rotatable bonds is 6. The van der Waals surface area contributed by atoms with Crippen molar-refractivity contribution in [1.29, 1.82) is 0 Å². The SMILES string of the molecule is Cc1cccc(C)c1NC(=O)CN1C(=O)S/C(=C/c2ccc(-c3ccc([N+](=O)[O-])cc3)o2)C1=O. The van der Waals surface area contributed by atoms with E-state index >= 15 is 0 Å². The van der Waals surface area contributed by atoms with Crippen LogP contribution in [-0.4, -0.2) is 33.4 Å². The molecule has 0 unspecified atom stereocenters. The molecule has 2 aromatic carbocycles. The van der Waals surface area contributed by atoms with Gasteiger partial charge in [0.1, 0.15) is 18.1 Å². The molecule has 1 aliphatic rings. The first-order chi connectivity index (χ1) is 16.2. The zero-order valence-electron chi connectivity index (χ0n) is 18.2. The summed E-state index contributed by atoms with van der Waals surface area (Å²) in [4.78, 5) is 49.0. The van der Waals surface area contributed by atoms with Gasteiger partial charge in [0.2, 0.25) is 5.91 Å². The lowest BCUT2D eigenvalue weighted by Crippen LogP contribution is -2.36. The van der Waals surface area contributed by atoms with Crippen molar-refractivity contribution in [3.63, 3.8) is 0 Å². The first-order valence-electron chi connectivity index (χ1n) is 10.2. The van der Waals surface area contributed by atoms with Gasteiger partial charge in [0, 0.05) is 29.5 Å². The van der Waals surface area contributed by atoms with Crippen molar-refractivity contribution in [2.45, 2.75) is 13.8 Å². The van der Waals surface area contributed by atoms with Crippen molar-refractivity contribution in [3.8, 4) is 11.3 Å². The van der Waals surface area contributed by atoms with Crippen molar-refractivity contribution in [1.82, 2.24) is 4.90 Å². The van der Waals surface area contributed by atoms with E-state index in [9.17, 15) is 24.5 Å². The van der Waals surface area contributed by atoms with E-state index in [4.69, 9.17) is 4.42 Å². The fourth-order valence-electron chi connectivity index (χ4n) is 3.43. The molecule has 0 atom stereocenters. The number of nitrogens with one attached hydrogen (secondary N) is 1. The largest absolute Gasteiger partial charge is 0.457 e. The van der Waals surface area contributed by atoms with Crippen LogP contribution < -0.4 is 5.32 Å². The highest BCUT2D eigenvalue weighted by atomic mass is 32.2. The van der Waals surface area contributed by atoms with Crippen LogP contribution in [0.2, 0.25) is 0 Å². The highest BCUT2D eigenvalue weighted by Gasteiger charge is 2.36. The number of aryl methyl sites for hydroxylation is 2. The summed E-state index contributed by atoms with van der Waals surface area (Å²) in [5.41, 5.74) is 3.00. The topological polar surface area (TPSA) is 123 Å². The maximum Gasteiger partial charge on any atom is 0.294 e. The quantitative estimate of drug-likeness (QED) is 0.296. The standard InChI is InChI=1S/C24H19N3O6S/c1-14-4-3-5-15(2)22(14)25-21(28)13-26-23(29)20(34-24(26)30)12-18-10-11-19(33-18)16-6-8-17(9-7-16)27(31)32/h3-12H,13H2,1-2H3,(H,25,28)/b20-12+. The average molecular weight is 477 g/mol. The smallest absolute Gasteiger partial charge is 0.294 e. The van der Waals surface area contributed by atoms with Gasteiger partial charge in [-0.2, -0.15) is 0 Å². The Balaban J connectivity index is 1.46. The third-order valence-corrected chi connectivity index (χ3v) is 6.09. The second-order valence-corrected chi connectivity index (χ2v) is 8.58. The number of imide groups is 1. The van der Waals surface area contributed by atoms with Crippen molar-refractivity contribution in [3.05, 3.63) is 86.5 Å². The summed E-state index contributed by atoms with van der Waals surface area (Å²) in [6.45, 7) is 3.32. The molecule has 0 aliphatic carbocycles. The van der Waals surface area contributed by atoms with E-state index in [1.54, 1.807) is 24.3 Å². The Bertz CT molecular complexity index is 1320. The van der Waals surface area contributed by atoms with E-state index in [1.165, 1.54) is 18.2 Å². The number of carbonyl (C=O) groups is 3. The fourth-order valence-corrected chi connectivity index (χ4v) is 4.25. The average Bonchev–Trinajstić information content (AvgIpc) is 3.37. The lowest BCUT2D eigenvalue weighted by Gasteiger charge is -2.15. The van der Waals surface area contributed by atoms with Gasteiger partial charge in [-0.1, -0.05) is 18.2 Å². The number of furan rings is 1. The molecule has 0 saturated carbocycles. The maximum atomic E-state index is 12.8. The van der Waals surface area contributed by atoms with Crippen LogP contribution in [0.15, 0.2) is 63.9 Å². The minimum Gasteiger partial charge on any atom is -0.457 e. The number of anilines is 1. The Hall–Kier alpha value is -4.18. The number of thioether (sulfide) groups is 1. The number of carbonyl (C=O) groups excluding carboxylic acids is 3.